The van der Waals surface area contributed by atoms with Gasteiger partial charge in [0.1, 0.15) is 0 Å². The smallest absolute Gasteiger partial charge is 0.330 e. The van der Waals surface area contributed by atoms with E-state index < -0.39 is 11.9 Å². The largest absolute Gasteiger partial charge is 0.462 e. The summed E-state index contributed by atoms with van der Waals surface area (Å²) in [7, 11) is 0. The van der Waals surface area contributed by atoms with Crippen molar-refractivity contribution in [3.8, 4) is 0 Å². The standard InChI is InChI=1S/C6H10O3.C3H5NO/c1-2-6(8)9-5-3-4-7;1-2-3(4)5/h2,7H,1,3-5H2;2H,1H2,(H2,4,5). The number of ether oxygens (including phenoxy) is 1. The summed E-state index contributed by atoms with van der Waals surface area (Å²) in [4.78, 5) is 19.7. The van der Waals surface area contributed by atoms with Crippen molar-refractivity contribution in [1.29, 1.82) is 0 Å². The Kier molecular flexibility index (Phi) is 12.1. The molecule has 80 valence electrons. The number of hydrogen-bond donors (Lipinski definition) is 2. The Morgan fingerprint density at radius 1 is 1.36 bits per heavy atom. The summed E-state index contributed by atoms with van der Waals surface area (Å²) in [6, 6.07) is 0. The van der Waals surface area contributed by atoms with Crippen molar-refractivity contribution in [3.63, 3.8) is 0 Å². The van der Waals surface area contributed by atoms with E-state index in [4.69, 9.17) is 5.11 Å². The normalized spacial score (nSPS) is 7.79. The first-order valence-corrected chi connectivity index (χ1v) is 3.90. The molecule has 5 nitrogen and oxygen atoms in total. The fourth-order valence-corrected chi connectivity index (χ4v) is 0.296. The molecule has 0 heterocycles. The van der Waals surface area contributed by atoms with E-state index in [9.17, 15) is 9.59 Å². The SMILES string of the molecule is C=CC(=O)OCCCO.C=CC(N)=O. The maximum Gasteiger partial charge on any atom is 0.330 e. The van der Waals surface area contributed by atoms with Crippen LogP contribution in [0.2, 0.25) is 0 Å². The monoisotopic (exact) mass is 201 g/mol. The van der Waals surface area contributed by atoms with Crippen molar-refractivity contribution < 1.29 is 19.4 Å². The number of carbonyl (C=O) groups excluding carboxylic acids is 2. The van der Waals surface area contributed by atoms with Gasteiger partial charge in [-0.1, -0.05) is 13.2 Å². The lowest BCUT2D eigenvalue weighted by molar-refractivity contribution is -0.138. The molecule has 1 amide bonds. The van der Waals surface area contributed by atoms with E-state index in [0.717, 1.165) is 12.2 Å². The molecule has 0 bridgehead atoms. The molecule has 0 atom stereocenters. The van der Waals surface area contributed by atoms with Gasteiger partial charge >= 0.3 is 5.97 Å². The van der Waals surface area contributed by atoms with E-state index in [0.29, 0.717) is 6.42 Å². The molecule has 0 saturated heterocycles. The summed E-state index contributed by atoms with van der Waals surface area (Å²) in [5.41, 5.74) is 4.53. The van der Waals surface area contributed by atoms with Gasteiger partial charge in [0, 0.05) is 19.1 Å². The van der Waals surface area contributed by atoms with E-state index in [1.807, 2.05) is 0 Å². The van der Waals surface area contributed by atoms with Crippen LogP contribution in [0.4, 0.5) is 0 Å². The van der Waals surface area contributed by atoms with Crippen LogP contribution in [0, 0.1) is 0 Å². The van der Waals surface area contributed by atoms with Crippen molar-refractivity contribution in [2.24, 2.45) is 5.73 Å². The Morgan fingerprint density at radius 3 is 2.14 bits per heavy atom. The lowest BCUT2D eigenvalue weighted by Gasteiger charge is -1.96. The molecule has 0 fully saturated rings. The number of primary amides is 1. The molecule has 0 spiro atoms. The molecule has 5 heteroatoms. The van der Waals surface area contributed by atoms with Crippen LogP contribution in [0.1, 0.15) is 6.42 Å². The second-order valence-electron chi connectivity index (χ2n) is 2.06. The molecule has 14 heavy (non-hydrogen) atoms. The van der Waals surface area contributed by atoms with Gasteiger partial charge in [0.25, 0.3) is 0 Å². The van der Waals surface area contributed by atoms with Crippen LogP contribution in [0.25, 0.3) is 0 Å². The van der Waals surface area contributed by atoms with Gasteiger partial charge in [-0.2, -0.15) is 0 Å². The van der Waals surface area contributed by atoms with E-state index in [-0.39, 0.29) is 13.2 Å². The van der Waals surface area contributed by atoms with Gasteiger partial charge in [0.2, 0.25) is 5.91 Å². The number of aliphatic hydroxyl groups is 1. The molecule has 0 unspecified atom stereocenters. The highest BCUT2D eigenvalue weighted by atomic mass is 16.5. The number of esters is 1. The quantitative estimate of drug-likeness (QED) is 0.365. The molecule has 0 aliphatic carbocycles. The van der Waals surface area contributed by atoms with E-state index >= 15 is 0 Å². The van der Waals surface area contributed by atoms with Crippen LogP contribution in [0.3, 0.4) is 0 Å². The van der Waals surface area contributed by atoms with Crippen molar-refractivity contribution in [3.05, 3.63) is 25.3 Å². The summed E-state index contributed by atoms with van der Waals surface area (Å²) in [5, 5.41) is 8.23. The minimum absolute atomic E-state index is 0.0461. The summed E-state index contributed by atoms with van der Waals surface area (Å²) in [6.45, 7) is 6.60. The van der Waals surface area contributed by atoms with Gasteiger partial charge in [-0.3, -0.25) is 4.79 Å². The second kappa shape index (κ2) is 11.4. The Hall–Kier alpha value is -1.62. The van der Waals surface area contributed by atoms with Crippen molar-refractivity contribution in [1.82, 2.24) is 0 Å². The van der Waals surface area contributed by atoms with Gasteiger partial charge < -0.3 is 15.6 Å². The third-order valence-corrected chi connectivity index (χ3v) is 0.915. The zero-order valence-corrected chi connectivity index (χ0v) is 7.94. The molecule has 0 aliphatic heterocycles. The summed E-state index contributed by atoms with van der Waals surface area (Å²) < 4.78 is 4.51. The molecular weight excluding hydrogens is 186 g/mol. The summed E-state index contributed by atoms with van der Waals surface area (Å²) in [6.07, 6.45) is 2.64. The average Bonchev–Trinajstić information content (AvgIpc) is 2.19. The first-order valence-electron chi connectivity index (χ1n) is 3.90. The van der Waals surface area contributed by atoms with Crippen LogP contribution in [0.15, 0.2) is 25.3 Å². The highest BCUT2D eigenvalue weighted by Gasteiger charge is 1.91. The predicted molar refractivity (Wildman–Crippen MR) is 52.3 cm³/mol. The number of carbonyl (C=O) groups is 2. The van der Waals surface area contributed by atoms with Crippen molar-refractivity contribution in [2.45, 2.75) is 6.42 Å². The molecule has 0 aromatic carbocycles. The van der Waals surface area contributed by atoms with Gasteiger partial charge in [-0.25, -0.2) is 4.79 Å². The van der Waals surface area contributed by atoms with Crippen LogP contribution < -0.4 is 5.73 Å². The zero-order valence-electron chi connectivity index (χ0n) is 7.94. The maximum atomic E-state index is 10.3. The summed E-state index contributed by atoms with van der Waals surface area (Å²) >= 11 is 0. The molecular formula is C9H15NO4. The number of amides is 1. The number of hydrogen-bond acceptors (Lipinski definition) is 4. The third kappa shape index (κ3) is 16.8. The fraction of sp³-hybridized carbons (Fsp3) is 0.333. The molecule has 0 aliphatic rings. The van der Waals surface area contributed by atoms with Gasteiger partial charge in [0.15, 0.2) is 0 Å². The van der Waals surface area contributed by atoms with Gasteiger partial charge in [0.05, 0.1) is 6.61 Å². The lowest BCUT2D eigenvalue weighted by Crippen LogP contribution is -2.04. The Bertz CT molecular complexity index is 201. The predicted octanol–water partition coefficient (Wildman–Crippen LogP) is -0.244. The van der Waals surface area contributed by atoms with Crippen LogP contribution in [0.5, 0.6) is 0 Å². The van der Waals surface area contributed by atoms with E-state index in [1.165, 1.54) is 0 Å². The number of aliphatic hydroxyl groups excluding tert-OH is 1. The molecule has 0 rings (SSSR count). The molecule has 0 aromatic heterocycles. The van der Waals surface area contributed by atoms with E-state index in [1.54, 1.807) is 0 Å². The first kappa shape index (κ1) is 14.9. The molecule has 0 saturated carbocycles. The highest BCUT2D eigenvalue weighted by Crippen LogP contribution is 1.82. The Morgan fingerprint density at radius 2 is 1.86 bits per heavy atom. The van der Waals surface area contributed by atoms with Crippen molar-refractivity contribution in [2.75, 3.05) is 13.2 Å². The maximum absolute atomic E-state index is 10.3. The van der Waals surface area contributed by atoms with Gasteiger partial charge in [-0.05, 0) is 6.08 Å². The topological polar surface area (TPSA) is 89.6 Å². The summed E-state index contributed by atoms with van der Waals surface area (Å²) in [5.74, 6) is -0.923. The van der Waals surface area contributed by atoms with Crippen molar-refractivity contribution >= 4 is 11.9 Å². The molecule has 0 aromatic rings. The second-order valence-corrected chi connectivity index (χ2v) is 2.06. The minimum Gasteiger partial charge on any atom is -0.462 e. The minimum atomic E-state index is -0.481. The van der Waals surface area contributed by atoms with Crippen LogP contribution in [-0.2, 0) is 14.3 Å². The third-order valence-electron chi connectivity index (χ3n) is 0.915. The Labute approximate surface area is 82.9 Å². The number of nitrogens with two attached hydrogens (primary N) is 1. The van der Waals surface area contributed by atoms with Crippen LogP contribution in [-0.4, -0.2) is 30.2 Å². The van der Waals surface area contributed by atoms with Gasteiger partial charge in [-0.15, -0.1) is 0 Å². The zero-order chi connectivity index (χ0) is 11.4. The number of rotatable bonds is 5. The van der Waals surface area contributed by atoms with E-state index in [2.05, 4.69) is 23.6 Å². The molecule has 0 radical (unpaired) electrons. The van der Waals surface area contributed by atoms with Crippen LogP contribution >= 0.6 is 0 Å². The lowest BCUT2D eigenvalue weighted by atomic mass is 10.5. The molecule has 3 N–H and O–H groups in total. The first-order chi connectivity index (χ1) is 6.58. The Balaban J connectivity index is 0. The fourth-order valence-electron chi connectivity index (χ4n) is 0.296. The average molecular weight is 201 g/mol. The highest BCUT2D eigenvalue weighted by molar-refractivity contribution is 5.85.